The molecule has 0 saturated heterocycles. The van der Waals surface area contributed by atoms with Gasteiger partial charge >= 0.3 is 0 Å². The highest BCUT2D eigenvalue weighted by Gasteiger charge is 2.40. The Morgan fingerprint density at radius 3 is 2.50 bits per heavy atom. The van der Waals surface area contributed by atoms with Gasteiger partial charge in [0.15, 0.2) is 0 Å². The second-order valence-electron chi connectivity index (χ2n) is 6.25. The Bertz CT molecular complexity index is 431. The molecule has 3 unspecified atom stereocenters. The van der Waals surface area contributed by atoms with Crippen LogP contribution in [0.3, 0.4) is 0 Å². The highest BCUT2D eigenvalue weighted by Crippen LogP contribution is 2.52. The lowest BCUT2D eigenvalue weighted by Crippen LogP contribution is -2.11. The fourth-order valence-electron chi connectivity index (χ4n) is 4.06. The van der Waals surface area contributed by atoms with E-state index in [0.29, 0.717) is 0 Å². The van der Waals surface area contributed by atoms with Crippen molar-refractivity contribution in [2.45, 2.75) is 38.1 Å². The van der Waals surface area contributed by atoms with Crippen LogP contribution in [0.5, 0.6) is 0 Å². The predicted molar refractivity (Wildman–Crippen MR) is 82.9 cm³/mol. The smallest absolute Gasteiger partial charge is 0.00321 e. The van der Waals surface area contributed by atoms with Gasteiger partial charge in [0.05, 0.1) is 0 Å². The fourth-order valence-corrected chi connectivity index (χ4v) is 4.64. The molecule has 2 bridgehead atoms. The summed E-state index contributed by atoms with van der Waals surface area (Å²) in [6.45, 7) is 4.41. The lowest BCUT2D eigenvalue weighted by molar-refractivity contribution is 0.405. The van der Waals surface area contributed by atoms with Crippen molar-refractivity contribution in [1.82, 2.24) is 0 Å². The largest absolute Gasteiger partial charge is 0.0949 e. The molecule has 0 radical (unpaired) electrons. The zero-order valence-electron chi connectivity index (χ0n) is 11.5. The minimum Gasteiger partial charge on any atom is -0.0949 e. The maximum atomic E-state index is 4.41. The van der Waals surface area contributed by atoms with Gasteiger partial charge in [-0.15, -0.1) is 0 Å². The first-order valence-electron chi connectivity index (χ1n) is 7.56. The molecule has 0 heterocycles. The third-order valence-electron chi connectivity index (χ3n) is 5.05. The van der Waals surface area contributed by atoms with Crippen LogP contribution < -0.4 is 0 Å². The Kier molecular flexibility index (Phi) is 3.43. The van der Waals surface area contributed by atoms with E-state index in [1.165, 1.54) is 65.1 Å². The van der Waals surface area contributed by atoms with Gasteiger partial charge in [-0.1, -0.05) is 43.3 Å². The van der Waals surface area contributed by atoms with Crippen LogP contribution in [0.1, 0.15) is 36.8 Å². The summed E-state index contributed by atoms with van der Waals surface area (Å²) in [6, 6.07) is 10.6. The second kappa shape index (κ2) is 5.04. The average molecular weight is 256 g/mol. The van der Waals surface area contributed by atoms with Crippen LogP contribution >= 0.6 is 0 Å². The third kappa shape index (κ3) is 2.21. The van der Waals surface area contributed by atoms with Gasteiger partial charge in [-0.2, -0.15) is 0 Å². The van der Waals surface area contributed by atoms with Gasteiger partial charge < -0.3 is 0 Å². The van der Waals surface area contributed by atoms with Gasteiger partial charge in [0.2, 0.25) is 0 Å². The molecule has 2 saturated carbocycles. The van der Waals surface area contributed by atoms with E-state index in [2.05, 4.69) is 30.8 Å². The number of hydrogen-bond donors (Lipinski definition) is 0. The molecule has 3 rings (SSSR count). The first-order chi connectivity index (χ1) is 8.78. The van der Waals surface area contributed by atoms with Gasteiger partial charge in [0.1, 0.15) is 0 Å². The Labute approximate surface area is 114 Å². The SMILES string of the molecule is C=C(c1ccc(CC[SiH3])cc1)C1CC2CCC1C2. The van der Waals surface area contributed by atoms with Crippen LogP contribution in [0.25, 0.3) is 5.57 Å². The number of fused-ring (bicyclic) bond motifs is 2. The van der Waals surface area contributed by atoms with Crippen LogP contribution in [-0.4, -0.2) is 10.2 Å². The van der Waals surface area contributed by atoms with Gasteiger partial charge in [-0.05, 0) is 60.1 Å². The molecule has 0 nitrogen and oxygen atoms in total. The lowest BCUT2D eigenvalue weighted by atomic mass is 9.81. The second-order valence-corrected chi connectivity index (χ2v) is 7.25. The maximum Gasteiger partial charge on any atom is 0.00321 e. The van der Waals surface area contributed by atoms with E-state index < -0.39 is 0 Å². The van der Waals surface area contributed by atoms with Crippen molar-refractivity contribution in [1.29, 1.82) is 0 Å². The highest BCUT2D eigenvalue weighted by atomic mass is 28.1. The molecule has 0 aromatic heterocycles. The minimum absolute atomic E-state index is 0.785. The van der Waals surface area contributed by atoms with E-state index in [9.17, 15) is 0 Å². The minimum atomic E-state index is 0.785. The number of aryl methyl sites for hydroxylation is 1. The first-order valence-corrected chi connectivity index (χ1v) is 8.97. The molecule has 18 heavy (non-hydrogen) atoms. The molecule has 2 aliphatic rings. The van der Waals surface area contributed by atoms with Crippen molar-refractivity contribution in [3.8, 4) is 0 Å². The van der Waals surface area contributed by atoms with Gasteiger partial charge in [0.25, 0.3) is 0 Å². The van der Waals surface area contributed by atoms with E-state index in [4.69, 9.17) is 0 Å². The predicted octanol–water partition coefficient (Wildman–Crippen LogP) is 3.46. The van der Waals surface area contributed by atoms with Gasteiger partial charge in [-0.25, -0.2) is 0 Å². The van der Waals surface area contributed by atoms with Crippen LogP contribution in [-0.2, 0) is 6.42 Å². The summed E-state index contributed by atoms with van der Waals surface area (Å²) in [4.78, 5) is 0. The molecule has 0 spiro atoms. The topological polar surface area (TPSA) is 0 Å². The molecule has 0 aliphatic heterocycles. The maximum absolute atomic E-state index is 4.41. The summed E-state index contributed by atoms with van der Waals surface area (Å²) >= 11 is 0. The van der Waals surface area contributed by atoms with E-state index in [-0.39, 0.29) is 0 Å². The molecular weight excluding hydrogens is 232 g/mol. The Morgan fingerprint density at radius 1 is 1.17 bits per heavy atom. The molecular formula is C17H24Si. The molecule has 1 aromatic rings. The molecule has 2 aliphatic carbocycles. The molecule has 0 N–H and O–H groups in total. The van der Waals surface area contributed by atoms with E-state index in [1.807, 2.05) is 0 Å². The van der Waals surface area contributed by atoms with Crippen LogP contribution in [0.4, 0.5) is 0 Å². The molecule has 2 fully saturated rings. The third-order valence-corrected chi connectivity index (χ3v) is 5.55. The average Bonchev–Trinajstić information content (AvgIpc) is 3.01. The Balaban J connectivity index is 1.72. The van der Waals surface area contributed by atoms with Gasteiger partial charge in [0, 0.05) is 10.2 Å². The summed E-state index contributed by atoms with van der Waals surface area (Å²) in [5.41, 5.74) is 4.30. The Hall–Kier alpha value is -0.823. The molecule has 3 atom stereocenters. The first kappa shape index (κ1) is 12.2. The highest BCUT2D eigenvalue weighted by molar-refractivity contribution is 6.08. The van der Waals surface area contributed by atoms with Crippen molar-refractivity contribution in [2.75, 3.05) is 0 Å². The molecule has 96 valence electrons. The van der Waals surface area contributed by atoms with Crippen molar-refractivity contribution in [2.24, 2.45) is 17.8 Å². The van der Waals surface area contributed by atoms with E-state index in [1.54, 1.807) is 0 Å². The van der Waals surface area contributed by atoms with Crippen molar-refractivity contribution in [3.05, 3.63) is 42.0 Å². The zero-order chi connectivity index (χ0) is 12.5. The summed E-state index contributed by atoms with van der Waals surface area (Å²) in [6.07, 6.45) is 7.07. The molecule has 1 aromatic carbocycles. The summed E-state index contributed by atoms with van der Waals surface area (Å²) in [7, 11) is 1.31. The number of rotatable bonds is 4. The standard InChI is InChI=1S/C17H24Si/c1-12(17-11-14-4-7-16(17)10-14)15-5-2-13(3-6-15)8-9-18/h2-3,5-6,14,16-17H,1,4,7-11H2,18H3. The summed E-state index contributed by atoms with van der Waals surface area (Å²) < 4.78 is 0. The summed E-state index contributed by atoms with van der Waals surface area (Å²) in [5, 5.41) is 0. The van der Waals surface area contributed by atoms with Crippen LogP contribution in [0, 0.1) is 17.8 Å². The Morgan fingerprint density at radius 2 is 1.94 bits per heavy atom. The van der Waals surface area contributed by atoms with Crippen LogP contribution in [0.2, 0.25) is 6.04 Å². The fraction of sp³-hybridized carbons (Fsp3) is 0.529. The lowest BCUT2D eigenvalue weighted by Gasteiger charge is -2.24. The number of allylic oxidation sites excluding steroid dienone is 1. The number of benzene rings is 1. The monoisotopic (exact) mass is 256 g/mol. The zero-order valence-corrected chi connectivity index (χ0v) is 13.5. The summed E-state index contributed by atoms with van der Waals surface area (Å²) in [5.74, 6) is 2.75. The molecule has 0 amide bonds. The molecule has 1 heteroatoms. The quantitative estimate of drug-likeness (QED) is 0.724. The van der Waals surface area contributed by atoms with Crippen molar-refractivity contribution >= 4 is 15.8 Å². The van der Waals surface area contributed by atoms with E-state index in [0.717, 1.165) is 17.8 Å². The normalized spacial score (nSPS) is 29.9. The van der Waals surface area contributed by atoms with Crippen molar-refractivity contribution in [3.63, 3.8) is 0 Å². The van der Waals surface area contributed by atoms with Crippen LogP contribution in [0.15, 0.2) is 30.8 Å². The van der Waals surface area contributed by atoms with Crippen molar-refractivity contribution < 1.29 is 0 Å². The van der Waals surface area contributed by atoms with E-state index >= 15 is 0 Å². The number of hydrogen-bond acceptors (Lipinski definition) is 0. The van der Waals surface area contributed by atoms with Gasteiger partial charge in [-0.3, -0.25) is 0 Å².